The van der Waals surface area contributed by atoms with Crippen molar-refractivity contribution in [1.29, 1.82) is 0 Å². The van der Waals surface area contributed by atoms with E-state index < -0.39 is 0 Å². The molecule has 0 spiro atoms. The van der Waals surface area contributed by atoms with E-state index in [0.717, 1.165) is 43.4 Å². The van der Waals surface area contributed by atoms with Crippen LogP contribution in [0.15, 0.2) is 12.3 Å². The molecule has 25 heavy (non-hydrogen) atoms. The summed E-state index contributed by atoms with van der Waals surface area (Å²) >= 11 is 1.51. The van der Waals surface area contributed by atoms with E-state index in [-0.39, 0.29) is 18.4 Å². The number of carbonyl (C=O) groups is 2. The molecule has 0 atom stereocenters. The van der Waals surface area contributed by atoms with Gasteiger partial charge >= 0.3 is 5.97 Å². The Morgan fingerprint density at radius 2 is 2.16 bits per heavy atom. The number of aromatic nitrogens is 2. The number of esters is 1. The molecule has 6 nitrogen and oxygen atoms in total. The van der Waals surface area contributed by atoms with Crippen molar-refractivity contribution >= 4 is 28.2 Å². The van der Waals surface area contributed by atoms with Gasteiger partial charge in [-0.1, -0.05) is 6.92 Å². The van der Waals surface area contributed by atoms with Crippen molar-refractivity contribution in [1.82, 2.24) is 9.78 Å². The SMILES string of the molecule is CCCOC(=O)c1c(NC(=O)Cn2nccc2C)sc2c1CCCC2. The van der Waals surface area contributed by atoms with Gasteiger partial charge in [0.2, 0.25) is 5.91 Å². The topological polar surface area (TPSA) is 73.2 Å². The van der Waals surface area contributed by atoms with Gasteiger partial charge in [-0.2, -0.15) is 5.10 Å². The molecule has 1 aliphatic rings. The van der Waals surface area contributed by atoms with Gasteiger partial charge in [0.15, 0.2) is 0 Å². The van der Waals surface area contributed by atoms with Gasteiger partial charge in [0.25, 0.3) is 0 Å². The van der Waals surface area contributed by atoms with Crippen LogP contribution in [-0.2, 0) is 28.9 Å². The van der Waals surface area contributed by atoms with Gasteiger partial charge < -0.3 is 10.1 Å². The summed E-state index contributed by atoms with van der Waals surface area (Å²) in [5, 5.41) is 7.65. The van der Waals surface area contributed by atoms with Crippen LogP contribution in [0.4, 0.5) is 5.00 Å². The Morgan fingerprint density at radius 3 is 2.88 bits per heavy atom. The van der Waals surface area contributed by atoms with Crippen LogP contribution in [0.1, 0.15) is 52.7 Å². The largest absolute Gasteiger partial charge is 0.462 e. The maximum Gasteiger partial charge on any atom is 0.341 e. The van der Waals surface area contributed by atoms with Gasteiger partial charge in [0.05, 0.1) is 12.2 Å². The standard InChI is InChI=1S/C18H23N3O3S/c1-3-10-24-18(23)16-13-6-4-5-7-14(13)25-17(16)20-15(22)11-21-12(2)8-9-19-21/h8-9H,3-7,10-11H2,1-2H3,(H,20,22). The van der Waals surface area contributed by atoms with Crippen LogP contribution in [0, 0.1) is 6.92 Å². The molecule has 1 N–H and O–H groups in total. The van der Waals surface area contributed by atoms with Gasteiger partial charge in [-0.3, -0.25) is 9.48 Å². The van der Waals surface area contributed by atoms with Gasteiger partial charge in [-0.15, -0.1) is 11.3 Å². The lowest BCUT2D eigenvalue weighted by Gasteiger charge is -2.12. The Kier molecular flexibility index (Phi) is 5.53. The summed E-state index contributed by atoms with van der Waals surface area (Å²) in [6.07, 6.45) is 6.46. The van der Waals surface area contributed by atoms with Crippen molar-refractivity contribution in [3.8, 4) is 0 Å². The Bertz CT molecular complexity index is 779. The fourth-order valence-electron chi connectivity index (χ4n) is 3.00. The van der Waals surface area contributed by atoms with Crippen LogP contribution in [0.25, 0.3) is 0 Å². The number of amides is 1. The highest BCUT2D eigenvalue weighted by Gasteiger charge is 2.27. The first-order valence-electron chi connectivity index (χ1n) is 8.70. The Hall–Kier alpha value is -2.15. The number of hydrogen-bond acceptors (Lipinski definition) is 5. The average Bonchev–Trinajstić information content (AvgIpc) is 3.15. The second-order valence-electron chi connectivity index (χ2n) is 6.23. The highest BCUT2D eigenvalue weighted by Crippen LogP contribution is 2.38. The summed E-state index contributed by atoms with van der Waals surface area (Å²) in [6.45, 7) is 4.39. The summed E-state index contributed by atoms with van der Waals surface area (Å²) < 4.78 is 6.98. The number of carbonyl (C=O) groups excluding carboxylic acids is 2. The predicted octanol–water partition coefficient (Wildman–Crippen LogP) is 3.34. The molecule has 1 aliphatic carbocycles. The molecule has 7 heteroatoms. The zero-order chi connectivity index (χ0) is 17.8. The van der Waals surface area contributed by atoms with Gasteiger partial charge in [-0.05, 0) is 50.7 Å². The maximum absolute atomic E-state index is 12.5. The van der Waals surface area contributed by atoms with E-state index in [9.17, 15) is 9.59 Å². The Morgan fingerprint density at radius 1 is 1.36 bits per heavy atom. The molecule has 0 aliphatic heterocycles. The van der Waals surface area contributed by atoms with E-state index in [0.29, 0.717) is 17.2 Å². The molecule has 0 saturated carbocycles. The smallest absolute Gasteiger partial charge is 0.341 e. The number of aryl methyl sites for hydroxylation is 2. The third-order valence-corrected chi connectivity index (χ3v) is 5.50. The van der Waals surface area contributed by atoms with E-state index in [2.05, 4.69) is 10.4 Å². The molecule has 0 unspecified atom stereocenters. The molecule has 0 saturated heterocycles. The lowest BCUT2D eigenvalue weighted by Crippen LogP contribution is -2.21. The lowest BCUT2D eigenvalue weighted by molar-refractivity contribution is -0.116. The zero-order valence-corrected chi connectivity index (χ0v) is 15.4. The number of anilines is 1. The fourth-order valence-corrected chi connectivity index (χ4v) is 4.30. The number of thiophene rings is 1. The number of nitrogens with one attached hydrogen (secondary N) is 1. The molecule has 3 rings (SSSR count). The van der Waals surface area contributed by atoms with Crippen molar-refractivity contribution in [2.45, 2.75) is 52.5 Å². The van der Waals surface area contributed by atoms with E-state index in [4.69, 9.17) is 4.74 Å². The van der Waals surface area contributed by atoms with Crippen LogP contribution in [0.5, 0.6) is 0 Å². The number of nitrogens with zero attached hydrogens (tertiary/aromatic N) is 2. The van der Waals surface area contributed by atoms with Crippen molar-refractivity contribution < 1.29 is 14.3 Å². The molecular formula is C18H23N3O3S. The molecule has 2 aromatic heterocycles. The number of ether oxygens (including phenoxy) is 1. The Balaban J connectivity index is 1.82. The van der Waals surface area contributed by atoms with E-state index >= 15 is 0 Å². The summed E-state index contributed by atoms with van der Waals surface area (Å²) in [5.74, 6) is -0.512. The first-order chi connectivity index (χ1) is 12.1. The second kappa shape index (κ2) is 7.82. The third kappa shape index (κ3) is 3.92. The molecule has 134 valence electrons. The monoisotopic (exact) mass is 361 g/mol. The van der Waals surface area contributed by atoms with E-state index in [1.54, 1.807) is 10.9 Å². The molecule has 0 aromatic carbocycles. The van der Waals surface area contributed by atoms with Crippen LogP contribution in [-0.4, -0.2) is 28.3 Å². The predicted molar refractivity (Wildman–Crippen MR) is 97.1 cm³/mol. The van der Waals surface area contributed by atoms with Gasteiger partial charge in [0, 0.05) is 16.8 Å². The highest BCUT2D eigenvalue weighted by molar-refractivity contribution is 7.17. The molecule has 1 amide bonds. The molecule has 2 heterocycles. The summed E-state index contributed by atoms with van der Waals surface area (Å²) in [6, 6.07) is 1.85. The fraction of sp³-hybridized carbons (Fsp3) is 0.500. The van der Waals surface area contributed by atoms with E-state index in [1.807, 2.05) is 19.9 Å². The van der Waals surface area contributed by atoms with Gasteiger partial charge in [-0.25, -0.2) is 4.79 Å². The lowest BCUT2D eigenvalue weighted by atomic mass is 9.95. The van der Waals surface area contributed by atoms with Gasteiger partial charge in [0.1, 0.15) is 11.5 Å². The zero-order valence-electron chi connectivity index (χ0n) is 14.6. The number of fused-ring (bicyclic) bond motifs is 1. The quantitative estimate of drug-likeness (QED) is 0.801. The van der Waals surface area contributed by atoms with Crippen LogP contribution >= 0.6 is 11.3 Å². The molecule has 2 aromatic rings. The molecule has 0 bridgehead atoms. The minimum atomic E-state index is -0.327. The summed E-state index contributed by atoms with van der Waals surface area (Å²) in [7, 11) is 0. The van der Waals surface area contributed by atoms with Crippen molar-refractivity contribution in [3.63, 3.8) is 0 Å². The first kappa shape index (κ1) is 17.7. The minimum absolute atomic E-state index is 0.130. The summed E-state index contributed by atoms with van der Waals surface area (Å²) in [5.41, 5.74) is 2.53. The van der Waals surface area contributed by atoms with E-state index in [1.165, 1.54) is 16.2 Å². The first-order valence-corrected chi connectivity index (χ1v) is 9.51. The summed E-state index contributed by atoms with van der Waals surface area (Å²) in [4.78, 5) is 26.1. The molecule has 0 fully saturated rings. The van der Waals surface area contributed by atoms with Crippen LogP contribution < -0.4 is 5.32 Å². The maximum atomic E-state index is 12.5. The van der Waals surface area contributed by atoms with Crippen molar-refractivity contribution in [2.75, 3.05) is 11.9 Å². The highest BCUT2D eigenvalue weighted by atomic mass is 32.1. The minimum Gasteiger partial charge on any atom is -0.462 e. The van der Waals surface area contributed by atoms with Crippen molar-refractivity contribution in [2.24, 2.45) is 0 Å². The Labute approximate surface area is 151 Å². The molecule has 0 radical (unpaired) electrons. The normalized spacial score (nSPS) is 13.4. The second-order valence-corrected chi connectivity index (χ2v) is 7.33. The number of rotatable bonds is 6. The third-order valence-electron chi connectivity index (χ3n) is 4.29. The van der Waals surface area contributed by atoms with Crippen molar-refractivity contribution in [3.05, 3.63) is 34.0 Å². The number of hydrogen-bond donors (Lipinski definition) is 1. The average molecular weight is 361 g/mol. The van der Waals surface area contributed by atoms with Crippen LogP contribution in [0.3, 0.4) is 0 Å². The molecular weight excluding hydrogens is 338 g/mol. The van der Waals surface area contributed by atoms with Crippen LogP contribution in [0.2, 0.25) is 0 Å².